The summed E-state index contributed by atoms with van der Waals surface area (Å²) in [5, 5.41) is 6.59. The Labute approximate surface area is 137 Å². The minimum atomic E-state index is 0.713. The summed E-state index contributed by atoms with van der Waals surface area (Å²) in [5.41, 5.74) is 3.29. The Morgan fingerprint density at radius 2 is 2.09 bits per heavy atom. The molecule has 0 atom stereocenters. The van der Waals surface area contributed by atoms with Crippen molar-refractivity contribution in [3.8, 4) is 11.3 Å². The van der Waals surface area contributed by atoms with Crippen molar-refractivity contribution in [2.24, 2.45) is 4.99 Å². The zero-order chi connectivity index (χ0) is 16.3. The highest BCUT2D eigenvalue weighted by Gasteiger charge is 2.01. The Hall–Kier alpha value is -2.40. The largest absolute Gasteiger partial charge is 0.385 e. The SMILES string of the molecule is CN=C(NCCCOC)NCc1cccc(-c2ccccn2)c1. The van der Waals surface area contributed by atoms with Gasteiger partial charge in [-0.25, -0.2) is 0 Å². The van der Waals surface area contributed by atoms with Crippen LogP contribution in [0.4, 0.5) is 0 Å². The summed E-state index contributed by atoms with van der Waals surface area (Å²) < 4.78 is 5.04. The monoisotopic (exact) mass is 312 g/mol. The van der Waals surface area contributed by atoms with Crippen molar-refractivity contribution in [3.63, 3.8) is 0 Å². The van der Waals surface area contributed by atoms with Crippen LogP contribution in [0, 0.1) is 0 Å². The minimum Gasteiger partial charge on any atom is -0.385 e. The zero-order valence-electron chi connectivity index (χ0n) is 13.7. The van der Waals surface area contributed by atoms with E-state index in [1.807, 2.05) is 24.4 Å². The van der Waals surface area contributed by atoms with Crippen LogP contribution in [0.1, 0.15) is 12.0 Å². The molecule has 0 saturated carbocycles. The number of benzene rings is 1. The number of aromatic nitrogens is 1. The number of nitrogens with one attached hydrogen (secondary N) is 2. The molecule has 2 rings (SSSR count). The number of aliphatic imine (C=N–C) groups is 1. The van der Waals surface area contributed by atoms with E-state index in [1.54, 1.807) is 14.2 Å². The first-order chi connectivity index (χ1) is 11.3. The second-order valence-corrected chi connectivity index (χ2v) is 5.11. The Morgan fingerprint density at radius 3 is 2.83 bits per heavy atom. The van der Waals surface area contributed by atoms with Crippen LogP contribution in [0.2, 0.25) is 0 Å². The average Bonchev–Trinajstić information content (AvgIpc) is 2.62. The molecule has 0 spiro atoms. The van der Waals surface area contributed by atoms with E-state index in [0.29, 0.717) is 6.54 Å². The third-order valence-electron chi connectivity index (χ3n) is 3.39. The fourth-order valence-corrected chi connectivity index (χ4v) is 2.20. The molecule has 1 aromatic carbocycles. The van der Waals surface area contributed by atoms with E-state index >= 15 is 0 Å². The van der Waals surface area contributed by atoms with Crippen LogP contribution in [0.5, 0.6) is 0 Å². The Morgan fingerprint density at radius 1 is 1.17 bits per heavy atom. The molecule has 5 heteroatoms. The van der Waals surface area contributed by atoms with Crippen molar-refractivity contribution >= 4 is 5.96 Å². The molecule has 5 nitrogen and oxygen atoms in total. The summed E-state index contributed by atoms with van der Waals surface area (Å²) in [6, 6.07) is 14.3. The van der Waals surface area contributed by atoms with Gasteiger partial charge in [-0.05, 0) is 30.2 Å². The number of methoxy groups -OCH3 is 1. The molecule has 0 aliphatic carbocycles. The molecule has 0 aliphatic rings. The standard InChI is InChI=1S/C18H24N4O/c1-19-18(21-11-6-12-23-2)22-14-15-7-5-8-16(13-15)17-9-3-4-10-20-17/h3-5,7-10,13H,6,11-12,14H2,1-2H3,(H2,19,21,22). The van der Waals surface area contributed by atoms with Crippen LogP contribution >= 0.6 is 0 Å². The molecule has 0 amide bonds. The summed E-state index contributed by atoms with van der Waals surface area (Å²) in [4.78, 5) is 8.61. The Balaban J connectivity index is 1.90. The molecular weight excluding hydrogens is 288 g/mol. The highest BCUT2D eigenvalue weighted by Crippen LogP contribution is 2.17. The third kappa shape index (κ3) is 5.71. The maximum atomic E-state index is 5.04. The van der Waals surface area contributed by atoms with Gasteiger partial charge in [-0.2, -0.15) is 0 Å². The molecular formula is C18H24N4O. The number of hydrogen-bond acceptors (Lipinski definition) is 3. The van der Waals surface area contributed by atoms with Gasteiger partial charge < -0.3 is 15.4 Å². The first-order valence-electron chi connectivity index (χ1n) is 7.77. The third-order valence-corrected chi connectivity index (χ3v) is 3.39. The molecule has 1 heterocycles. The summed E-state index contributed by atoms with van der Waals surface area (Å²) in [6.07, 6.45) is 2.76. The summed E-state index contributed by atoms with van der Waals surface area (Å²) in [6.45, 7) is 2.29. The number of nitrogens with zero attached hydrogens (tertiary/aromatic N) is 2. The zero-order valence-corrected chi connectivity index (χ0v) is 13.7. The number of pyridine rings is 1. The van der Waals surface area contributed by atoms with Crippen LogP contribution in [0.15, 0.2) is 53.7 Å². The number of guanidine groups is 1. The van der Waals surface area contributed by atoms with Gasteiger partial charge in [0.05, 0.1) is 5.69 Å². The predicted octanol–water partition coefficient (Wildman–Crippen LogP) is 2.45. The molecule has 122 valence electrons. The van der Waals surface area contributed by atoms with Gasteiger partial charge in [0.15, 0.2) is 5.96 Å². The molecule has 2 aromatic rings. The molecule has 0 bridgehead atoms. The Bertz CT molecular complexity index is 613. The Kier molecular flexibility index (Phi) is 7.07. The van der Waals surface area contributed by atoms with Crippen molar-refractivity contribution in [1.82, 2.24) is 15.6 Å². The highest BCUT2D eigenvalue weighted by atomic mass is 16.5. The van der Waals surface area contributed by atoms with Crippen molar-refractivity contribution in [2.45, 2.75) is 13.0 Å². The van der Waals surface area contributed by atoms with Crippen molar-refractivity contribution in [1.29, 1.82) is 0 Å². The molecule has 1 aromatic heterocycles. The van der Waals surface area contributed by atoms with Gasteiger partial charge in [0.2, 0.25) is 0 Å². The number of hydrogen-bond donors (Lipinski definition) is 2. The first-order valence-corrected chi connectivity index (χ1v) is 7.77. The maximum absolute atomic E-state index is 5.04. The van der Waals surface area contributed by atoms with E-state index in [0.717, 1.165) is 36.8 Å². The van der Waals surface area contributed by atoms with E-state index in [9.17, 15) is 0 Å². The maximum Gasteiger partial charge on any atom is 0.191 e. The van der Waals surface area contributed by atoms with Gasteiger partial charge in [-0.3, -0.25) is 9.98 Å². The molecule has 0 fully saturated rings. The van der Waals surface area contributed by atoms with Gasteiger partial charge in [-0.1, -0.05) is 24.3 Å². The second-order valence-electron chi connectivity index (χ2n) is 5.11. The van der Waals surface area contributed by atoms with Gasteiger partial charge in [0.1, 0.15) is 0 Å². The van der Waals surface area contributed by atoms with E-state index < -0.39 is 0 Å². The van der Waals surface area contributed by atoms with E-state index in [4.69, 9.17) is 4.74 Å². The van der Waals surface area contributed by atoms with Crippen molar-refractivity contribution in [2.75, 3.05) is 27.3 Å². The first kappa shape index (κ1) is 17.0. The molecule has 23 heavy (non-hydrogen) atoms. The van der Waals surface area contributed by atoms with Crippen LogP contribution in [0.25, 0.3) is 11.3 Å². The smallest absolute Gasteiger partial charge is 0.191 e. The van der Waals surface area contributed by atoms with Crippen molar-refractivity contribution < 1.29 is 4.74 Å². The lowest BCUT2D eigenvalue weighted by Crippen LogP contribution is -2.37. The van der Waals surface area contributed by atoms with E-state index in [1.165, 1.54) is 5.56 Å². The van der Waals surface area contributed by atoms with Gasteiger partial charge in [-0.15, -0.1) is 0 Å². The normalized spacial score (nSPS) is 11.3. The molecule has 0 radical (unpaired) electrons. The fourth-order valence-electron chi connectivity index (χ4n) is 2.20. The summed E-state index contributed by atoms with van der Waals surface area (Å²) in [7, 11) is 3.48. The average molecular weight is 312 g/mol. The topological polar surface area (TPSA) is 58.5 Å². The lowest BCUT2D eigenvalue weighted by molar-refractivity contribution is 0.195. The fraction of sp³-hybridized carbons (Fsp3) is 0.333. The van der Waals surface area contributed by atoms with Gasteiger partial charge >= 0.3 is 0 Å². The van der Waals surface area contributed by atoms with Crippen LogP contribution in [-0.2, 0) is 11.3 Å². The minimum absolute atomic E-state index is 0.713. The lowest BCUT2D eigenvalue weighted by atomic mass is 10.1. The summed E-state index contributed by atoms with van der Waals surface area (Å²) >= 11 is 0. The molecule has 0 saturated heterocycles. The van der Waals surface area contributed by atoms with Crippen molar-refractivity contribution in [3.05, 3.63) is 54.2 Å². The van der Waals surface area contributed by atoms with Gasteiger partial charge in [0, 0.05) is 45.6 Å². The van der Waals surface area contributed by atoms with Crippen LogP contribution in [-0.4, -0.2) is 38.3 Å². The van der Waals surface area contributed by atoms with Crippen LogP contribution in [0.3, 0.4) is 0 Å². The molecule has 0 aliphatic heterocycles. The van der Waals surface area contributed by atoms with E-state index in [2.05, 4.69) is 44.9 Å². The summed E-state index contributed by atoms with van der Waals surface area (Å²) in [5.74, 6) is 0.796. The van der Waals surface area contributed by atoms with Gasteiger partial charge in [0.25, 0.3) is 0 Å². The van der Waals surface area contributed by atoms with E-state index in [-0.39, 0.29) is 0 Å². The predicted molar refractivity (Wildman–Crippen MR) is 94.4 cm³/mol. The lowest BCUT2D eigenvalue weighted by Gasteiger charge is -2.12. The molecule has 2 N–H and O–H groups in total. The second kappa shape index (κ2) is 9.58. The highest BCUT2D eigenvalue weighted by molar-refractivity contribution is 5.79. The number of rotatable bonds is 7. The molecule has 0 unspecified atom stereocenters. The van der Waals surface area contributed by atoms with Crippen LogP contribution < -0.4 is 10.6 Å². The quantitative estimate of drug-likeness (QED) is 0.468. The number of ether oxygens (including phenoxy) is 1.